The molecule has 0 N–H and O–H groups in total. The molecule has 0 aromatic carbocycles. The first kappa shape index (κ1) is 14.0. The van der Waals surface area contributed by atoms with Crippen LogP contribution in [0.5, 0.6) is 0 Å². The van der Waals surface area contributed by atoms with Crippen LogP contribution in [0.1, 0.15) is 53.9 Å². The maximum absolute atomic E-state index is 5.69. The molecule has 0 aliphatic carbocycles. The number of rotatable bonds is 8. The Morgan fingerprint density at radius 3 is 1.79 bits per heavy atom. The Hall–Kier alpha value is -0.0151. The molecule has 0 aromatic rings. The van der Waals surface area contributed by atoms with Crippen molar-refractivity contribution in [1.29, 1.82) is 0 Å². The Bertz CT molecular complexity index is 116. The fraction of sp³-hybridized carbons (Fsp3) is 1.00. The molecule has 0 saturated carbocycles. The lowest BCUT2D eigenvalue weighted by Crippen LogP contribution is -2.29. The Morgan fingerprint density at radius 2 is 1.43 bits per heavy atom. The quantitative estimate of drug-likeness (QED) is 0.441. The lowest BCUT2D eigenvalue weighted by Gasteiger charge is -2.19. The monoisotopic (exact) mass is 200 g/mol. The van der Waals surface area contributed by atoms with E-state index in [1.165, 1.54) is 19.3 Å². The summed E-state index contributed by atoms with van der Waals surface area (Å²) in [5.74, 6) is 0. The third-order valence-corrected chi connectivity index (χ3v) is 1.89. The van der Waals surface area contributed by atoms with Crippen molar-refractivity contribution >= 4 is 7.12 Å². The molecule has 0 saturated heterocycles. The predicted octanol–water partition coefficient (Wildman–Crippen LogP) is 3.51. The largest absolute Gasteiger partial charge is 0.457 e. The minimum absolute atomic E-state index is 0.0125. The molecule has 0 bridgehead atoms. The van der Waals surface area contributed by atoms with Crippen LogP contribution in [-0.2, 0) is 9.31 Å². The van der Waals surface area contributed by atoms with Crippen LogP contribution in [0, 0.1) is 0 Å². The van der Waals surface area contributed by atoms with Crippen molar-refractivity contribution in [2.75, 3.05) is 0 Å². The topological polar surface area (TPSA) is 18.5 Å². The summed E-state index contributed by atoms with van der Waals surface area (Å²) in [6, 6.07) is 0. The minimum atomic E-state index is -0.0125. The second kappa shape index (κ2) is 8.31. The Balaban J connectivity index is 3.72. The molecule has 0 aliphatic heterocycles. The summed E-state index contributed by atoms with van der Waals surface area (Å²) in [4.78, 5) is 0. The number of unbranched alkanes of at least 4 members (excludes halogenated alkanes) is 2. The first-order chi connectivity index (χ1) is 6.56. The van der Waals surface area contributed by atoms with Gasteiger partial charge in [0, 0.05) is 12.2 Å². The van der Waals surface area contributed by atoms with E-state index in [0.29, 0.717) is 0 Å². The van der Waals surface area contributed by atoms with Gasteiger partial charge in [-0.3, -0.25) is 0 Å². The van der Waals surface area contributed by atoms with E-state index in [-0.39, 0.29) is 19.3 Å². The fourth-order valence-electron chi connectivity index (χ4n) is 1.34. The van der Waals surface area contributed by atoms with Gasteiger partial charge in [0.1, 0.15) is 0 Å². The van der Waals surface area contributed by atoms with Crippen molar-refractivity contribution in [1.82, 2.24) is 0 Å². The van der Waals surface area contributed by atoms with Gasteiger partial charge in [-0.25, -0.2) is 0 Å². The smallest absolute Gasteiger partial charge is 0.409 e. The molecule has 14 heavy (non-hydrogen) atoms. The van der Waals surface area contributed by atoms with Gasteiger partial charge in [0.05, 0.1) is 0 Å². The van der Waals surface area contributed by atoms with E-state index in [0.717, 1.165) is 6.32 Å². The van der Waals surface area contributed by atoms with Gasteiger partial charge in [0.15, 0.2) is 0 Å². The highest BCUT2D eigenvalue weighted by Gasteiger charge is 2.20. The Kier molecular flexibility index (Phi) is 8.30. The van der Waals surface area contributed by atoms with Crippen LogP contribution < -0.4 is 0 Å². The lowest BCUT2D eigenvalue weighted by molar-refractivity contribution is 0.129. The van der Waals surface area contributed by atoms with Crippen molar-refractivity contribution in [3.8, 4) is 0 Å². The van der Waals surface area contributed by atoms with Crippen LogP contribution >= 0.6 is 0 Å². The summed E-state index contributed by atoms with van der Waals surface area (Å²) < 4.78 is 11.4. The van der Waals surface area contributed by atoms with Crippen molar-refractivity contribution in [2.24, 2.45) is 0 Å². The molecule has 0 unspecified atom stereocenters. The van der Waals surface area contributed by atoms with Crippen LogP contribution in [-0.4, -0.2) is 19.3 Å². The zero-order chi connectivity index (χ0) is 11.0. The summed E-state index contributed by atoms with van der Waals surface area (Å²) in [5, 5.41) is 0. The Morgan fingerprint density at radius 1 is 0.929 bits per heavy atom. The third-order valence-electron chi connectivity index (χ3n) is 1.89. The third kappa shape index (κ3) is 8.58. The average Bonchev–Trinajstić information content (AvgIpc) is 2.02. The highest BCUT2D eigenvalue weighted by atomic mass is 16.6. The van der Waals surface area contributed by atoms with Gasteiger partial charge in [-0.05, 0) is 34.0 Å². The van der Waals surface area contributed by atoms with E-state index < -0.39 is 0 Å². The molecule has 0 heterocycles. The molecule has 0 radical (unpaired) electrons. The fourth-order valence-corrected chi connectivity index (χ4v) is 1.34. The van der Waals surface area contributed by atoms with E-state index in [1.54, 1.807) is 0 Å². The summed E-state index contributed by atoms with van der Waals surface area (Å²) in [6.07, 6.45) is 5.22. The van der Waals surface area contributed by atoms with Gasteiger partial charge in [-0.15, -0.1) is 0 Å². The lowest BCUT2D eigenvalue weighted by atomic mass is 9.81. The average molecular weight is 200 g/mol. The second-order valence-corrected chi connectivity index (χ2v) is 4.30. The van der Waals surface area contributed by atoms with E-state index in [9.17, 15) is 0 Å². The van der Waals surface area contributed by atoms with Gasteiger partial charge < -0.3 is 9.31 Å². The second-order valence-electron chi connectivity index (χ2n) is 4.30. The molecule has 0 rings (SSSR count). The molecule has 3 heteroatoms. The number of hydrogen-bond acceptors (Lipinski definition) is 2. The van der Waals surface area contributed by atoms with Crippen LogP contribution in [0.25, 0.3) is 0 Å². The van der Waals surface area contributed by atoms with Gasteiger partial charge in [-0.2, -0.15) is 0 Å². The highest BCUT2D eigenvalue weighted by molar-refractivity contribution is 6.44. The normalized spacial score (nSPS) is 11.4. The zero-order valence-electron chi connectivity index (χ0n) is 10.4. The molecular weight excluding hydrogens is 175 g/mol. The predicted molar refractivity (Wildman–Crippen MR) is 62.5 cm³/mol. The van der Waals surface area contributed by atoms with E-state index in [1.807, 2.05) is 0 Å². The molecule has 0 fully saturated rings. The van der Waals surface area contributed by atoms with Gasteiger partial charge >= 0.3 is 7.12 Å². The molecule has 2 nitrogen and oxygen atoms in total. The summed E-state index contributed by atoms with van der Waals surface area (Å²) in [6.45, 7) is 10.4. The summed E-state index contributed by atoms with van der Waals surface area (Å²) >= 11 is 0. The van der Waals surface area contributed by atoms with Gasteiger partial charge in [0.2, 0.25) is 0 Å². The Labute approximate surface area is 89.5 Å². The van der Waals surface area contributed by atoms with Crippen molar-refractivity contribution in [3.63, 3.8) is 0 Å². The van der Waals surface area contributed by atoms with Crippen molar-refractivity contribution < 1.29 is 9.31 Å². The molecule has 0 aromatic heterocycles. The molecule has 84 valence electrons. The standard InChI is InChI=1S/C11H25BO2/c1-6-7-8-9-12(13-10(2)3)14-11(4)5/h10-11H,6-9H2,1-5H3. The van der Waals surface area contributed by atoms with Crippen molar-refractivity contribution in [2.45, 2.75) is 72.4 Å². The number of hydrogen-bond donors (Lipinski definition) is 0. The van der Waals surface area contributed by atoms with Crippen molar-refractivity contribution in [3.05, 3.63) is 0 Å². The first-order valence-electron chi connectivity index (χ1n) is 5.87. The zero-order valence-corrected chi connectivity index (χ0v) is 10.4. The van der Waals surface area contributed by atoms with Gasteiger partial charge in [-0.1, -0.05) is 26.2 Å². The van der Waals surface area contributed by atoms with Gasteiger partial charge in [0.25, 0.3) is 0 Å². The van der Waals surface area contributed by atoms with Crippen LogP contribution in [0.3, 0.4) is 0 Å². The summed E-state index contributed by atoms with van der Waals surface area (Å²) in [5.41, 5.74) is 0. The van der Waals surface area contributed by atoms with Crippen LogP contribution in [0.4, 0.5) is 0 Å². The molecular formula is C11H25BO2. The van der Waals surface area contributed by atoms with E-state index in [2.05, 4.69) is 34.6 Å². The molecule has 0 aliphatic rings. The molecule has 0 amide bonds. The summed E-state index contributed by atoms with van der Waals surface area (Å²) in [7, 11) is -0.0125. The SMILES string of the molecule is CCCCCB(OC(C)C)OC(C)C. The van der Waals surface area contributed by atoms with Crippen LogP contribution in [0.15, 0.2) is 0 Å². The highest BCUT2D eigenvalue weighted by Crippen LogP contribution is 2.10. The first-order valence-corrected chi connectivity index (χ1v) is 5.87. The van der Waals surface area contributed by atoms with E-state index in [4.69, 9.17) is 9.31 Å². The van der Waals surface area contributed by atoms with E-state index >= 15 is 0 Å². The maximum Gasteiger partial charge on any atom is 0.457 e. The molecule has 0 spiro atoms. The minimum Gasteiger partial charge on any atom is -0.409 e. The molecule has 0 atom stereocenters. The maximum atomic E-state index is 5.69. The van der Waals surface area contributed by atoms with Crippen LogP contribution in [0.2, 0.25) is 6.32 Å².